The quantitative estimate of drug-likeness (QED) is 0.652. The summed E-state index contributed by atoms with van der Waals surface area (Å²) >= 11 is 6.58. The lowest BCUT2D eigenvalue weighted by Crippen LogP contribution is -1.88. The first-order valence-electron chi connectivity index (χ1n) is 5.64. The maximum Gasteiger partial charge on any atom is 0.212 e. The lowest BCUT2D eigenvalue weighted by molar-refractivity contribution is 0.398. The molecule has 1 N–H and O–H groups in total. The van der Waals surface area contributed by atoms with Gasteiger partial charge in [0.05, 0.1) is 17.3 Å². The van der Waals surface area contributed by atoms with Crippen LogP contribution in [0.2, 0.25) is 0 Å². The molecule has 4 nitrogen and oxygen atoms in total. The predicted molar refractivity (Wildman–Crippen MR) is 81.2 cm³/mol. The number of hydrogen-bond donors (Lipinski definition) is 1. The molecular weight excluding hydrogens is 393 g/mol. The van der Waals surface area contributed by atoms with Crippen LogP contribution >= 0.6 is 31.9 Å². The standard InChI is InChI=1S/C13H8Br2FN3O/c1-20-9-3-2-6(5-17-9)12-10-11(15)8(16)4-7(14)13(10)19-18-12/h2-5H,1H3,(H,18,19). The Bertz CT molecular complexity index is 786. The molecule has 0 saturated heterocycles. The van der Waals surface area contributed by atoms with Gasteiger partial charge < -0.3 is 4.74 Å². The van der Waals surface area contributed by atoms with Gasteiger partial charge in [-0.2, -0.15) is 5.10 Å². The fourth-order valence-corrected chi connectivity index (χ4v) is 2.94. The SMILES string of the molecule is COc1ccc(-c2[nH]nc3c(Br)cc(F)c(Br)c23)cn1. The van der Waals surface area contributed by atoms with E-state index in [0.29, 0.717) is 31.4 Å². The molecule has 0 aliphatic rings. The number of aromatic amines is 1. The van der Waals surface area contributed by atoms with E-state index in [9.17, 15) is 4.39 Å². The van der Waals surface area contributed by atoms with Gasteiger partial charge >= 0.3 is 0 Å². The summed E-state index contributed by atoms with van der Waals surface area (Å²) in [4.78, 5) is 4.14. The lowest BCUT2D eigenvalue weighted by Gasteiger charge is -2.03. The predicted octanol–water partition coefficient (Wildman–Crippen LogP) is 4.30. The van der Waals surface area contributed by atoms with Crippen molar-refractivity contribution in [1.29, 1.82) is 0 Å². The van der Waals surface area contributed by atoms with Crippen LogP contribution in [0.1, 0.15) is 0 Å². The molecule has 0 amide bonds. The Hall–Kier alpha value is -1.47. The minimum absolute atomic E-state index is 0.353. The van der Waals surface area contributed by atoms with E-state index in [2.05, 4.69) is 47.0 Å². The zero-order valence-electron chi connectivity index (χ0n) is 10.2. The monoisotopic (exact) mass is 399 g/mol. The van der Waals surface area contributed by atoms with Crippen molar-refractivity contribution in [1.82, 2.24) is 15.2 Å². The third-order valence-corrected chi connectivity index (χ3v) is 4.29. The molecule has 1 aromatic carbocycles. The van der Waals surface area contributed by atoms with Gasteiger partial charge in [0.2, 0.25) is 5.88 Å². The van der Waals surface area contributed by atoms with E-state index in [0.717, 1.165) is 5.56 Å². The number of methoxy groups -OCH3 is 1. The Labute approximate surface area is 130 Å². The van der Waals surface area contributed by atoms with Crippen molar-refractivity contribution in [3.8, 4) is 17.1 Å². The van der Waals surface area contributed by atoms with E-state index in [4.69, 9.17) is 4.74 Å². The number of pyridine rings is 1. The van der Waals surface area contributed by atoms with Gasteiger partial charge in [-0.25, -0.2) is 9.37 Å². The van der Waals surface area contributed by atoms with Crippen molar-refractivity contribution in [3.63, 3.8) is 0 Å². The van der Waals surface area contributed by atoms with Crippen LogP contribution in [0.25, 0.3) is 22.2 Å². The number of ether oxygens (including phenoxy) is 1. The third-order valence-electron chi connectivity index (χ3n) is 2.91. The molecule has 0 spiro atoms. The molecule has 0 fully saturated rings. The number of rotatable bonds is 2. The van der Waals surface area contributed by atoms with Crippen LogP contribution in [-0.4, -0.2) is 22.3 Å². The molecule has 7 heteroatoms. The Balaban J connectivity index is 2.26. The average molecular weight is 401 g/mol. The Morgan fingerprint density at radius 2 is 2.10 bits per heavy atom. The van der Waals surface area contributed by atoms with E-state index in [1.807, 2.05) is 6.07 Å². The molecule has 2 heterocycles. The van der Waals surface area contributed by atoms with Crippen LogP contribution in [0.5, 0.6) is 5.88 Å². The summed E-state index contributed by atoms with van der Waals surface area (Å²) in [6, 6.07) is 4.96. The first kappa shape index (κ1) is 13.5. The molecule has 0 bridgehead atoms. The number of hydrogen-bond acceptors (Lipinski definition) is 3. The molecule has 0 aliphatic carbocycles. The number of fused-ring (bicyclic) bond motifs is 1. The maximum absolute atomic E-state index is 13.8. The van der Waals surface area contributed by atoms with Crippen LogP contribution < -0.4 is 4.74 Å². The van der Waals surface area contributed by atoms with E-state index in [1.54, 1.807) is 19.4 Å². The van der Waals surface area contributed by atoms with Crippen molar-refractivity contribution >= 4 is 42.8 Å². The van der Waals surface area contributed by atoms with Crippen molar-refractivity contribution in [2.75, 3.05) is 7.11 Å². The van der Waals surface area contributed by atoms with Gasteiger partial charge in [0, 0.05) is 27.7 Å². The minimum atomic E-state index is -0.353. The van der Waals surface area contributed by atoms with E-state index in [-0.39, 0.29) is 5.82 Å². The molecule has 0 saturated carbocycles. The number of halogens is 3. The summed E-state index contributed by atoms with van der Waals surface area (Å²) in [5, 5.41) is 7.80. The highest BCUT2D eigenvalue weighted by Gasteiger charge is 2.17. The fraction of sp³-hybridized carbons (Fsp3) is 0.0769. The van der Waals surface area contributed by atoms with Crippen molar-refractivity contribution in [2.24, 2.45) is 0 Å². The van der Waals surface area contributed by atoms with Gasteiger partial charge in [0.25, 0.3) is 0 Å². The molecule has 3 aromatic rings. The van der Waals surface area contributed by atoms with Gasteiger partial charge in [0.1, 0.15) is 11.3 Å². The molecular formula is C13H8Br2FN3O. The highest BCUT2D eigenvalue weighted by atomic mass is 79.9. The number of aromatic nitrogens is 3. The van der Waals surface area contributed by atoms with Crippen molar-refractivity contribution < 1.29 is 9.13 Å². The Morgan fingerprint density at radius 1 is 1.30 bits per heavy atom. The zero-order valence-corrected chi connectivity index (χ0v) is 13.4. The van der Waals surface area contributed by atoms with Gasteiger partial charge in [-0.3, -0.25) is 5.10 Å². The van der Waals surface area contributed by atoms with Gasteiger partial charge in [-0.15, -0.1) is 0 Å². The van der Waals surface area contributed by atoms with E-state index >= 15 is 0 Å². The second-order valence-corrected chi connectivity index (χ2v) is 5.71. The van der Waals surface area contributed by atoms with Crippen LogP contribution in [-0.2, 0) is 0 Å². The van der Waals surface area contributed by atoms with Gasteiger partial charge in [0.15, 0.2) is 0 Å². The summed E-state index contributed by atoms with van der Waals surface area (Å²) in [5.41, 5.74) is 2.15. The van der Waals surface area contributed by atoms with Crippen molar-refractivity contribution in [2.45, 2.75) is 0 Å². The number of H-pyrrole nitrogens is 1. The van der Waals surface area contributed by atoms with Crippen LogP contribution in [0.3, 0.4) is 0 Å². The number of nitrogens with zero attached hydrogens (tertiary/aromatic N) is 2. The van der Waals surface area contributed by atoms with E-state index < -0.39 is 0 Å². The number of nitrogens with one attached hydrogen (secondary N) is 1. The average Bonchev–Trinajstić information content (AvgIpc) is 2.90. The summed E-state index contributed by atoms with van der Waals surface area (Å²) in [6.45, 7) is 0. The minimum Gasteiger partial charge on any atom is -0.481 e. The summed E-state index contributed by atoms with van der Waals surface area (Å²) < 4.78 is 19.8. The Morgan fingerprint density at radius 3 is 2.75 bits per heavy atom. The fourth-order valence-electron chi connectivity index (χ4n) is 1.95. The molecule has 3 rings (SSSR count). The molecule has 0 atom stereocenters. The number of benzene rings is 1. The summed E-state index contributed by atoms with van der Waals surface area (Å²) in [6.07, 6.45) is 1.65. The van der Waals surface area contributed by atoms with Crippen LogP contribution in [0, 0.1) is 5.82 Å². The summed E-state index contributed by atoms with van der Waals surface area (Å²) in [7, 11) is 1.55. The first-order valence-corrected chi connectivity index (χ1v) is 7.22. The second kappa shape index (κ2) is 5.14. The summed E-state index contributed by atoms with van der Waals surface area (Å²) in [5.74, 6) is 0.164. The topological polar surface area (TPSA) is 50.8 Å². The molecule has 102 valence electrons. The second-order valence-electron chi connectivity index (χ2n) is 4.07. The molecule has 20 heavy (non-hydrogen) atoms. The molecule has 0 radical (unpaired) electrons. The molecule has 0 aliphatic heterocycles. The Kier molecular flexibility index (Phi) is 3.47. The van der Waals surface area contributed by atoms with Crippen LogP contribution in [0.4, 0.5) is 4.39 Å². The smallest absolute Gasteiger partial charge is 0.212 e. The normalized spacial score (nSPS) is 11.0. The maximum atomic E-state index is 13.8. The van der Waals surface area contributed by atoms with Gasteiger partial charge in [-0.05, 0) is 44.0 Å². The van der Waals surface area contributed by atoms with E-state index in [1.165, 1.54) is 6.07 Å². The van der Waals surface area contributed by atoms with Gasteiger partial charge in [-0.1, -0.05) is 0 Å². The first-order chi connectivity index (χ1) is 9.61. The third kappa shape index (κ3) is 2.10. The zero-order chi connectivity index (χ0) is 14.3. The lowest BCUT2D eigenvalue weighted by atomic mass is 10.1. The highest BCUT2D eigenvalue weighted by molar-refractivity contribution is 9.11. The largest absolute Gasteiger partial charge is 0.481 e. The molecule has 2 aromatic heterocycles. The van der Waals surface area contributed by atoms with Crippen LogP contribution in [0.15, 0.2) is 33.3 Å². The molecule has 0 unspecified atom stereocenters. The van der Waals surface area contributed by atoms with Crippen molar-refractivity contribution in [3.05, 3.63) is 39.2 Å². The highest BCUT2D eigenvalue weighted by Crippen LogP contribution is 2.37.